The van der Waals surface area contributed by atoms with E-state index in [2.05, 4.69) is 45.3 Å². The number of carbonyl (C=O) groups is 2. The lowest BCUT2D eigenvalue weighted by Crippen LogP contribution is -2.62. The predicted octanol–water partition coefficient (Wildman–Crippen LogP) is 3.34. The number of nitrogens with zero attached hydrogens (tertiary/aromatic N) is 3. The number of hydrogen-bond acceptors (Lipinski definition) is 10. The van der Waals surface area contributed by atoms with E-state index in [0.717, 1.165) is 25.7 Å². The molecule has 6 rings (SSSR count). The lowest BCUT2D eigenvalue weighted by molar-refractivity contribution is -0.529. The number of hydrogen-bond donors (Lipinski definition) is 4. The average molecular weight is 736 g/mol. The third kappa shape index (κ3) is 8.49. The van der Waals surface area contributed by atoms with E-state index in [1.165, 1.54) is 6.42 Å². The van der Waals surface area contributed by atoms with Gasteiger partial charge in [-0.05, 0) is 94.0 Å². The summed E-state index contributed by atoms with van der Waals surface area (Å²) in [7, 11) is 5.63. The van der Waals surface area contributed by atoms with E-state index >= 15 is 0 Å². The van der Waals surface area contributed by atoms with Gasteiger partial charge >= 0.3 is 0 Å². The molecule has 1 aliphatic heterocycles. The number of ether oxygens (including phenoxy) is 1. The van der Waals surface area contributed by atoms with Crippen molar-refractivity contribution < 1.29 is 34.3 Å². The lowest BCUT2D eigenvalue weighted by atomic mass is 9.45. The zero-order valence-electron chi connectivity index (χ0n) is 33.2. The van der Waals surface area contributed by atoms with Crippen LogP contribution in [0.25, 0.3) is 0 Å². The van der Waals surface area contributed by atoms with Crippen molar-refractivity contribution in [1.82, 2.24) is 20.6 Å². The van der Waals surface area contributed by atoms with Crippen LogP contribution in [0.5, 0.6) is 0 Å². The molecule has 1 heterocycles. The van der Waals surface area contributed by atoms with Crippen LogP contribution in [-0.4, -0.2) is 120 Å². The van der Waals surface area contributed by atoms with Crippen molar-refractivity contribution in [3.63, 3.8) is 0 Å². The van der Waals surface area contributed by atoms with Gasteiger partial charge in [0.25, 0.3) is 0 Å². The van der Waals surface area contributed by atoms with E-state index in [4.69, 9.17) is 9.57 Å². The number of rotatable bonds is 14. The molecule has 13 nitrogen and oxygen atoms in total. The number of hydroxylamine groups is 2. The Morgan fingerprint density at radius 3 is 2.37 bits per heavy atom. The molecule has 15 atom stereocenters. The molecule has 0 radical (unpaired) electrons. The van der Waals surface area contributed by atoms with Crippen molar-refractivity contribution in [2.45, 2.75) is 135 Å². The first kappa shape index (κ1) is 41.3. The highest BCUT2D eigenvalue weighted by Gasteiger charge is 2.58. The van der Waals surface area contributed by atoms with Gasteiger partial charge in [0.15, 0.2) is 0 Å². The average Bonchev–Trinajstić information content (AvgIpc) is 3.46. The van der Waals surface area contributed by atoms with Crippen molar-refractivity contribution >= 4 is 11.8 Å². The van der Waals surface area contributed by atoms with E-state index in [0.29, 0.717) is 43.7 Å². The van der Waals surface area contributed by atoms with Crippen LogP contribution in [-0.2, 0) is 19.2 Å². The summed E-state index contributed by atoms with van der Waals surface area (Å²) in [6, 6.07) is -1.60. The Bertz CT molecular complexity index is 1250. The molecule has 6 fully saturated rings. The van der Waals surface area contributed by atoms with Gasteiger partial charge in [-0.1, -0.05) is 41.0 Å². The van der Waals surface area contributed by atoms with Crippen LogP contribution < -0.4 is 10.6 Å². The van der Waals surface area contributed by atoms with Gasteiger partial charge in [-0.3, -0.25) is 24.5 Å². The SMILES string of the molecule is COC1C(CN2O[C@@H](CO)[C@H]([C@H](C)O)[C@H]2C(=O)N[C@H]2C[C@H]3C[C@@H]([C@@H]2C)C3(C)C)CCCC1C1CC(C(=O)N[C@@H](CN(C)C)C(C)C)CC([N+](=O)[O-])C1. The number of carbonyl (C=O) groups excluding carboxylic acids is 2. The van der Waals surface area contributed by atoms with Crippen LogP contribution in [0.2, 0.25) is 0 Å². The van der Waals surface area contributed by atoms with Crippen molar-refractivity contribution in [2.75, 3.05) is 40.9 Å². The molecule has 298 valence electrons. The summed E-state index contributed by atoms with van der Waals surface area (Å²) in [4.78, 5) is 48.4. The summed E-state index contributed by atoms with van der Waals surface area (Å²) >= 11 is 0. The molecule has 13 heteroatoms. The summed E-state index contributed by atoms with van der Waals surface area (Å²) < 4.78 is 6.25. The first-order chi connectivity index (χ1) is 24.5. The van der Waals surface area contributed by atoms with E-state index in [1.54, 1.807) is 19.1 Å². The van der Waals surface area contributed by atoms with Gasteiger partial charge in [0.05, 0.1) is 18.8 Å². The minimum atomic E-state index is -0.885. The summed E-state index contributed by atoms with van der Waals surface area (Å²) in [6.45, 7) is 13.4. The van der Waals surface area contributed by atoms with Crippen molar-refractivity contribution in [3.05, 3.63) is 10.1 Å². The second-order valence-electron chi connectivity index (χ2n) is 18.5. The molecule has 6 unspecified atom stereocenters. The van der Waals surface area contributed by atoms with Gasteiger partial charge in [0.2, 0.25) is 17.9 Å². The third-order valence-electron chi connectivity index (χ3n) is 14.4. The quantitative estimate of drug-likeness (QED) is 0.154. The highest BCUT2D eigenvalue weighted by atomic mass is 16.7. The molecule has 2 amide bonds. The highest BCUT2D eigenvalue weighted by molar-refractivity contribution is 5.83. The molecular weight excluding hydrogens is 666 g/mol. The van der Waals surface area contributed by atoms with Gasteiger partial charge in [-0.2, -0.15) is 5.06 Å². The van der Waals surface area contributed by atoms with Crippen molar-refractivity contribution in [3.8, 4) is 0 Å². The zero-order chi connectivity index (χ0) is 38.2. The monoisotopic (exact) mass is 736 g/mol. The maximum absolute atomic E-state index is 14.2. The Balaban J connectivity index is 1.32. The molecule has 5 saturated carbocycles. The molecule has 6 aliphatic rings. The largest absolute Gasteiger partial charge is 0.394 e. The fourth-order valence-corrected chi connectivity index (χ4v) is 11.3. The van der Waals surface area contributed by atoms with E-state index in [9.17, 15) is 29.9 Å². The Hall–Kier alpha value is -1.90. The van der Waals surface area contributed by atoms with Gasteiger partial charge in [0.1, 0.15) is 12.1 Å². The highest BCUT2D eigenvalue weighted by Crippen LogP contribution is 2.61. The predicted molar refractivity (Wildman–Crippen MR) is 197 cm³/mol. The second kappa shape index (κ2) is 16.9. The Morgan fingerprint density at radius 1 is 1.10 bits per heavy atom. The van der Waals surface area contributed by atoms with Crippen LogP contribution in [0.4, 0.5) is 0 Å². The van der Waals surface area contributed by atoms with Gasteiger partial charge in [-0.15, -0.1) is 0 Å². The summed E-state index contributed by atoms with van der Waals surface area (Å²) in [5.41, 5.74) is 0.282. The third-order valence-corrected chi connectivity index (χ3v) is 14.4. The number of aliphatic hydroxyl groups is 2. The first-order valence-electron chi connectivity index (χ1n) is 20.1. The Morgan fingerprint density at radius 2 is 1.81 bits per heavy atom. The second-order valence-corrected chi connectivity index (χ2v) is 18.5. The molecule has 0 aromatic heterocycles. The van der Waals surface area contributed by atoms with Gasteiger partial charge in [-0.25, -0.2) is 0 Å². The van der Waals surface area contributed by atoms with E-state index in [1.807, 2.05) is 19.0 Å². The summed E-state index contributed by atoms with van der Waals surface area (Å²) in [5, 5.41) is 41.8. The minimum Gasteiger partial charge on any atom is -0.394 e. The minimum absolute atomic E-state index is 0.00119. The molecule has 2 bridgehead atoms. The van der Waals surface area contributed by atoms with Gasteiger partial charge in [0, 0.05) is 67.8 Å². The molecule has 0 aromatic rings. The normalized spacial score (nSPS) is 40.2. The van der Waals surface area contributed by atoms with Crippen molar-refractivity contribution in [2.24, 2.45) is 58.7 Å². The van der Waals surface area contributed by atoms with Crippen LogP contribution in [0.15, 0.2) is 0 Å². The first-order valence-corrected chi connectivity index (χ1v) is 20.1. The molecule has 4 N–H and O–H groups in total. The number of amides is 2. The number of methoxy groups -OCH3 is 1. The molecule has 0 aromatic carbocycles. The number of likely N-dealkylation sites (N-methyl/N-ethyl adjacent to an activating group) is 1. The molecule has 52 heavy (non-hydrogen) atoms. The number of aliphatic hydroxyl groups excluding tert-OH is 2. The van der Waals surface area contributed by atoms with Gasteiger partial charge < -0.3 is 30.5 Å². The summed E-state index contributed by atoms with van der Waals surface area (Å²) in [6.07, 6.45) is 4.01. The van der Waals surface area contributed by atoms with Crippen molar-refractivity contribution in [1.29, 1.82) is 0 Å². The fraction of sp³-hybridized carbons (Fsp3) is 0.949. The van der Waals surface area contributed by atoms with Crippen LogP contribution in [0.3, 0.4) is 0 Å². The lowest BCUT2D eigenvalue weighted by Gasteiger charge is -2.62. The molecule has 1 saturated heterocycles. The number of nitro groups is 1. The summed E-state index contributed by atoms with van der Waals surface area (Å²) in [5.74, 6) is 0.202. The van der Waals surface area contributed by atoms with Crippen LogP contribution >= 0.6 is 0 Å². The zero-order valence-corrected chi connectivity index (χ0v) is 33.2. The van der Waals surface area contributed by atoms with Crippen LogP contribution in [0.1, 0.15) is 92.9 Å². The maximum atomic E-state index is 14.2. The van der Waals surface area contributed by atoms with E-state index in [-0.39, 0.29) is 77.0 Å². The standard InChI is InChI=1S/C39H69N5O8/c1-21(2)32(19-42(7)8)41-37(47)26-13-25(14-28(15-26)44(49)50)29-12-10-11-24(36(29)51-9)18-43-35(34(23(4)46)33(20-45)52-43)38(48)40-31-17-27-16-30(22(31)3)39(27,5)6/h21-36,45-46H,10-20H2,1-9H3,(H,40,48)(H,41,47)/t22-,23-,24?,25?,26?,27+,28?,29?,30-,31-,32-,33-,34-,35-,36?/m0/s1. The molecule has 0 spiro atoms. The number of nitrogens with one attached hydrogen (secondary N) is 2. The number of fused-ring (bicyclic) bond motifs is 2. The smallest absolute Gasteiger partial charge is 0.240 e. The molecular formula is C39H69N5O8. The maximum Gasteiger partial charge on any atom is 0.240 e. The van der Waals surface area contributed by atoms with E-state index < -0.39 is 36.1 Å². The Labute approximate surface area is 311 Å². The van der Waals surface area contributed by atoms with Crippen LogP contribution in [0, 0.1) is 68.8 Å². The molecule has 5 aliphatic carbocycles. The topological polar surface area (TPSA) is 167 Å². The Kier molecular flexibility index (Phi) is 13.4. The fourth-order valence-electron chi connectivity index (χ4n) is 11.3.